The van der Waals surface area contributed by atoms with Crippen molar-refractivity contribution in [2.45, 2.75) is 18.3 Å². The summed E-state index contributed by atoms with van der Waals surface area (Å²) in [6, 6.07) is 0. The third-order valence-electron chi connectivity index (χ3n) is 1.76. The maximum absolute atomic E-state index is 11.7. The Bertz CT molecular complexity index is 258. The van der Waals surface area contributed by atoms with Crippen molar-refractivity contribution in [1.82, 2.24) is 10.6 Å². The van der Waals surface area contributed by atoms with Crippen LogP contribution in [0.15, 0.2) is 0 Å². The predicted octanol–water partition coefficient (Wildman–Crippen LogP) is 0.0215. The molecule has 0 aliphatic rings. The van der Waals surface area contributed by atoms with Gasteiger partial charge in [0, 0.05) is 28.9 Å². The first-order valence-corrected chi connectivity index (χ1v) is 6.21. The topological polar surface area (TPSA) is 58.2 Å². The fourth-order valence-electron chi connectivity index (χ4n) is 0.755. The van der Waals surface area contributed by atoms with Crippen LogP contribution in [0, 0.1) is 0 Å². The highest BCUT2D eigenvalue weighted by Crippen LogP contribution is 2.11. The van der Waals surface area contributed by atoms with E-state index in [0.717, 1.165) is 0 Å². The number of carbonyl (C=O) groups is 1. The Labute approximate surface area is 94.4 Å². The van der Waals surface area contributed by atoms with Crippen LogP contribution in [-0.2, 0) is 15.6 Å². The average Bonchev–Trinajstić information content (AvgIpc) is 2.11. The summed E-state index contributed by atoms with van der Waals surface area (Å²) in [4.78, 5) is 11.0. The standard InChI is InChI=1S/C8H15F3N2O2S/c1-6(16(2)15)3-13-7(14)4-12-5-8(9,10)11/h6,12H,3-5H2,1-2H3,(H,13,14). The highest BCUT2D eigenvalue weighted by atomic mass is 32.2. The Hall–Kier alpha value is -0.630. The summed E-state index contributed by atoms with van der Waals surface area (Å²) in [5, 5.41) is 4.14. The molecule has 0 radical (unpaired) electrons. The van der Waals surface area contributed by atoms with Gasteiger partial charge in [-0.05, 0) is 6.92 Å². The smallest absolute Gasteiger partial charge is 0.354 e. The van der Waals surface area contributed by atoms with E-state index >= 15 is 0 Å². The molecule has 16 heavy (non-hydrogen) atoms. The third-order valence-corrected chi connectivity index (χ3v) is 3.06. The van der Waals surface area contributed by atoms with E-state index in [1.54, 1.807) is 6.92 Å². The molecule has 0 aromatic rings. The molecule has 96 valence electrons. The van der Waals surface area contributed by atoms with Crippen LogP contribution in [0.4, 0.5) is 13.2 Å². The van der Waals surface area contributed by atoms with Crippen molar-refractivity contribution in [3.8, 4) is 0 Å². The van der Waals surface area contributed by atoms with Crippen molar-refractivity contribution in [3.63, 3.8) is 0 Å². The zero-order valence-corrected chi connectivity index (χ0v) is 9.87. The summed E-state index contributed by atoms with van der Waals surface area (Å²) >= 11 is 0. The highest BCUT2D eigenvalue weighted by Gasteiger charge is 2.26. The van der Waals surface area contributed by atoms with Crippen molar-refractivity contribution >= 4 is 16.7 Å². The maximum Gasteiger partial charge on any atom is 0.401 e. The van der Waals surface area contributed by atoms with Crippen molar-refractivity contribution in [3.05, 3.63) is 0 Å². The van der Waals surface area contributed by atoms with Crippen LogP contribution >= 0.6 is 0 Å². The Morgan fingerprint density at radius 3 is 2.44 bits per heavy atom. The second-order valence-electron chi connectivity index (χ2n) is 3.33. The van der Waals surface area contributed by atoms with Crippen LogP contribution in [0.5, 0.6) is 0 Å². The molecule has 0 aliphatic carbocycles. The molecule has 4 nitrogen and oxygen atoms in total. The zero-order chi connectivity index (χ0) is 12.8. The van der Waals surface area contributed by atoms with Gasteiger partial charge >= 0.3 is 6.18 Å². The van der Waals surface area contributed by atoms with Gasteiger partial charge in [0.2, 0.25) is 5.91 Å². The SMILES string of the molecule is CC(CNC(=O)CNCC(F)(F)F)S(C)=O. The van der Waals surface area contributed by atoms with Gasteiger partial charge in [-0.25, -0.2) is 0 Å². The molecule has 0 saturated carbocycles. The molecule has 1 amide bonds. The second-order valence-corrected chi connectivity index (χ2v) is 5.13. The van der Waals surface area contributed by atoms with E-state index in [-0.39, 0.29) is 11.8 Å². The summed E-state index contributed by atoms with van der Waals surface area (Å²) in [6.07, 6.45) is -2.82. The van der Waals surface area contributed by atoms with Crippen molar-refractivity contribution < 1.29 is 22.2 Å². The molecule has 0 saturated heterocycles. The number of halogens is 3. The molecule has 2 unspecified atom stereocenters. The van der Waals surface area contributed by atoms with Gasteiger partial charge in [0.15, 0.2) is 0 Å². The molecule has 2 atom stereocenters. The molecule has 0 rings (SSSR count). The minimum absolute atomic E-state index is 0.190. The molecule has 0 aromatic heterocycles. The van der Waals surface area contributed by atoms with Gasteiger partial charge < -0.3 is 10.6 Å². The van der Waals surface area contributed by atoms with Gasteiger partial charge in [-0.15, -0.1) is 0 Å². The van der Waals surface area contributed by atoms with E-state index in [0.29, 0.717) is 0 Å². The van der Waals surface area contributed by atoms with Gasteiger partial charge in [0.25, 0.3) is 0 Å². The molecular weight excluding hydrogens is 245 g/mol. The minimum Gasteiger partial charge on any atom is -0.354 e. The van der Waals surface area contributed by atoms with Gasteiger partial charge in [-0.2, -0.15) is 13.2 Å². The molecule has 0 bridgehead atoms. The Morgan fingerprint density at radius 1 is 1.44 bits per heavy atom. The number of carbonyl (C=O) groups excluding carboxylic acids is 1. The van der Waals surface area contributed by atoms with E-state index in [4.69, 9.17) is 0 Å². The summed E-state index contributed by atoms with van der Waals surface area (Å²) in [5.41, 5.74) is 0. The Balaban J connectivity index is 3.64. The number of rotatable bonds is 6. The van der Waals surface area contributed by atoms with Crippen molar-refractivity contribution in [2.24, 2.45) is 0 Å². The van der Waals surface area contributed by atoms with Crippen LogP contribution in [0.1, 0.15) is 6.92 Å². The van der Waals surface area contributed by atoms with E-state index in [9.17, 15) is 22.2 Å². The molecule has 8 heteroatoms. The monoisotopic (exact) mass is 260 g/mol. The Morgan fingerprint density at radius 2 is 2.00 bits per heavy atom. The molecule has 0 heterocycles. The van der Waals surface area contributed by atoms with E-state index in [2.05, 4.69) is 5.32 Å². The van der Waals surface area contributed by atoms with Gasteiger partial charge in [-0.1, -0.05) is 0 Å². The first-order valence-electron chi connectivity index (χ1n) is 4.59. The molecular formula is C8H15F3N2O2S. The number of amides is 1. The second kappa shape index (κ2) is 6.85. The molecule has 0 spiro atoms. The van der Waals surface area contributed by atoms with Gasteiger partial charge in [0.1, 0.15) is 0 Å². The number of nitrogens with one attached hydrogen (secondary N) is 2. The van der Waals surface area contributed by atoms with E-state index < -0.39 is 36.0 Å². The first-order chi connectivity index (χ1) is 7.22. The minimum atomic E-state index is -4.32. The first kappa shape index (κ1) is 15.4. The van der Waals surface area contributed by atoms with Crippen LogP contribution in [0.25, 0.3) is 0 Å². The van der Waals surface area contributed by atoms with E-state index in [1.807, 2.05) is 5.32 Å². The lowest BCUT2D eigenvalue weighted by Crippen LogP contribution is -2.40. The summed E-state index contributed by atoms with van der Waals surface area (Å²) < 4.78 is 46.0. The maximum atomic E-state index is 11.7. The fourth-order valence-corrected chi connectivity index (χ4v) is 1.07. The quantitative estimate of drug-likeness (QED) is 0.708. The molecule has 0 aromatic carbocycles. The predicted molar refractivity (Wildman–Crippen MR) is 55.5 cm³/mol. The summed E-state index contributed by atoms with van der Waals surface area (Å²) in [7, 11) is -1.06. The van der Waals surface area contributed by atoms with Gasteiger partial charge in [0.05, 0.1) is 13.1 Å². The van der Waals surface area contributed by atoms with E-state index in [1.165, 1.54) is 6.26 Å². The normalized spacial score (nSPS) is 15.6. The lowest BCUT2D eigenvalue weighted by Gasteiger charge is -2.11. The number of hydrogen-bond donors (Lipinski definition) is 2. The third kappa shape index (κ3) is 8.66. The fraction of sp³-hybridized carbons (Fsp3) is 0.875. The van der Waals surface area contributed by atoms with Crippen molar-refractivity contribution in [2.75, 3.05) is 25.9 Å². The van der Waals surface area contributed by atoms with Gasteiger partial charge in [-0.3, -0.25) is 9.00 Å². The summed E-state index contributed by atoms with van der Waals surface area (Å²) in [6.45, 7) is 0.271. The lowest BCUT2D eigenvalue weighted by atomic mass is 10.4. The number of hydrogen-bond acceptors (Lipinski definition) is 3. The molecule has 0 fully saturated rings. The van der Waals surface area contributed by atoms with Crippen LogP contribution < -0.4 is 10.6 Å². The number of alkyl halides is 3. The largest absolute Gasteiger partial charge is 0.401 e. The lowest BCUT2D eigenvalue weighted by molar-refractivity contribution is -0.128. The van der Waals surface area contributed by atoms with Crippen LogP contribution in [0.2, 0.25) is 0 Å². The molecule has 2 N–H and O–H groups in total. The average molecular weight is 260 g/mol. The van der Waals surface area contributed by atoms with Crippen molar-refractivity contribution in [1.29, 1.82) is 0 Å². The Kier molecular flexibility index (Phi) is 6.58. The molecule has 0 aliphatic heterocycles. The zero-order valence-electron chi connectivity index (χ0n) is 9.06. The summed E-state index contributed by atoms with van der Waals surface area (Å²) in [5.74, 6) is -0.540. The highest BCUT2D eigenvalue weighted by molar-refractivity contribution is 7.84. The van der Waals surface area contributed by atoms with Crippen LogP contribution in [0.3, 0.4) is 0 Å². The van der Waals surface area contributed by atoms with Crippen LogP contribution in [-0.4, -0.2) is 47.4 Å².